The van der Waals surface area contributed by atoms with Crippen molar-refractivity contribution in [1.82, 2.24) is 5.32 Å². The zero-order valence-electron chi connectivity index (χ0n) is 18.1. The van der Waals surface area contributed by atoms with Crippen LogP contribution in [0, 0.1) is 0 Å². The molecule has 1 fully saturated rings. The van der Waals surface area contributed by atoms with Crippen LogP contribution in [0.3, 0.4) is 0 Å². The highest BCUT2D eigenvalue weighted by atomic mass is 35.5. The highest BCUT2D eigenvalue weighted by Gasteiger charge is 2.41. The van der Waals surface area contributed by atoms with Crippen molar-refractivity contribution in [2.75, 3.05) is 9.62 Å². The van der Waals surface area contributed by atoms with Gasteiger partial charge in [0.25, 0.3) is 27.1 Å². The van der Waals surface area contributed by atoms with Crippen LogP contribution in [0.4, 0.5) is 16.2 Å². The van der Waals surface area contributed by atoms with Crippen LogP contribution in [-0.4, -0.2) is 25.5 Å². The number of halogens is 2. The number of imide groups is 1. The second-order valence-electron chi connectivity index (χ2n) is 7.79. The van der Waals surface area contributed by atoms with Crippen LogP contribution in [0.5, 0.6) is 0 Å². The van der Waals surface area contributed by atoms with E-state index in [9.17, 15) is 22.8 Å². The van der Waals surface area contributed by atoms with Gasteiger partial charge in [-0.05, 0) is 54.2 Å². The molecule has 0 aliphatic carbocycles. The molecule has 0 bridgehead atoms. The fourth-order valence-corrected chi connectivity index (χ4v) is 6.27. The third-order valence-electron chi connectivity index (χ3n) is 5.55. The molecular weight excluding hydrogens is 545 g/mol. The lowest BCUT2D eigenvalue weighted by Gasteiger charge is -2.19. The molecule has 0 radical (unpaired) electrons. The Labute approximate surface area is 220 Å². The number of nitrogens with one attached hydrogen (secondary N) is 2. The number of carbonyl (C=O) groups is 3. The molecule has 0 spiro atoms. The van der Waals surface area contributed by atoms with Crippen molar-refractivity contribution in [2.24, 2.45) is 0 Å². The summed E-state index contributed by atoms with van der Waals surface area (Å²) in [6.07, 6.45) is 0. The van der Waals surface area contributed by atoms with Gasteiger partial charge in [0.05, 0.1) is 27.6 Å². The molecule has 2 N–H and O–H groups in total. The van der Waals surface area contributed by atoms with E-state index in [1.807, 2.05) is 0 Å². The molecule has 2 aliphatic rings. The lowest BCUT2D eigenvalue weighted by atomic mass is 10.1. The van der Waals surface area contributed by atoms with Crippen LogP contribution < -0.4 is 14.9 Å². The number of benzene rings is 3. The molecule has 0 saturated carbocycles. The molecule has 0 aromatic heterocycles. The Morgan fingerprint density at radius 1 is 0.917 bits per heavy atom. The number of rotatable bonds is 5. The number of carbonyl (C=O) groups excluding carboxylic acids is 3. The fraction of sp³-hybridized carbons (Fsp3) is 0.0417. The van der Waals surface area contributed by atoms with Crippen molar-refractivity contribution in [3.8, 4) is 0 Å². The van der Waals surface area contributed by atoms with Crippen molar-refractivity contribution in [1.29, 1.82) is 0 Å². The fourth-order valence-electron chi connectivity index (χ4n) is 3.89. The quantitative estimate of drug-likeness (QED) is 0.423. The molecule has 3 aromatic carbocycles. The summed E-state index contributed by atoms with van der Waals surface area (Å²) in [5.41, 5.74) is 1.32. The summed E-state index contributed by atoms with van der Waals surface area (Å²) in [5, 5.41) is 2.19. The smallest absolute Gasteiger partial charge is 0.290 e. The van der Waals surface area contributed by atoms with Gasteiger partial charge in [-0.3, -0.25) is 24.4 Å². The van der Waals surface area contributed by atoms with Gasteiger partial charge in [-0.1, -0.05) is 47.5 Å². The van der Waals surface area contributed by atoms with Gasteiger partial charge in [0.15, 0.2) is 0 Å². The zero-order chi connectivity index (χ0) is 25.6. The minimum absolute atomic E-state index is 0.0320. The summed E-state index contributed by atoms with van der Waals surface area (Å²) >= 11 is 13.2. The predicted molar refractivity (Wildman–Crippen MR) is 139 cm³/mol. The Morgan fingerprint density at radius 2 is 1.61 bits per heavy atom. The lowest BCUT2D eigenvalue weighted by Crippen LogP contribution is -2.27. The summed E-state index contributed by atoms with van der Waals surface area (Å²) in [4.78, 5) is 39.0. The monoisotopic (exact) mass is 559 g/mol. The summed E-state index contributed by atoms with van der Waals surface area (Å²) in [6, 6.07) is 17.4. The van der Waals surface area contributed by atoms with Crippen LogP contribution in [0.15, 0.2) is 76.5 Å². The van der Waals surface area contributed by atoms with Gasteiger partial charge in [-0.2, -0.15) is 0 Å². The van der Waals surface area contributed by atoms with Crippen molar-refractivity contribution in [3.63, 3.8) is 0 Å². The number of nitrogens with zero attached hydrogens (tertiary/aromatic N) is 1. The molecule has 0 unspecified atom stereocenters. The van der Waals surface area contributed by atoms with Gasteiger partial charge < -0.3 is 4.90 Å². The normalized spacial score (nSPS) is 17.4. The zero-order valence-corrected chi connectivity index (χ0v) is 21.3. The molecule has 2 aliphatic heterocycles. The summed E-state index contributed by atoms with van der Waals surface area (Å²) in [6.45, 7) is -0.0320. The molecule has 2 heterocycles. The Bertz CT molecular complexity index is 1570. The lowest BCUT2D eigenvalue weighted by molar-refractivity contribution is -0.116. The summed E-state index contributed by atoms with van der Waals surface area (Å²) in [5.74, 6) is -1.31. The molecular formula is C24H15Cl2N3O5S2. The number of hydrogen-bond acceptors (Lipinski definition) is 6. The number of para-hydroxylation sites is 1. The molecule has 8 nitrogen and oxygen atoms in total. The van der Waals surface area contributed by atoms with Crippen LogP contribution in [0.2, 0.25) is 10.0 Å². The van der Waals surface area contributed by atoms with Crippen molar-refractivity contribution >= 4 is 79.0 Å². The van der Waals surface area contributed by atoms with E-state index in [1.165, 1.54) is 23.1 Å². The minimum Gasteiger partial charge on any atom is -0.303 e. The maximum atomic E-state index is 13.6. The van der Waals surface area contributed by atoms with Crippen LogP contribution in [-0.2, 0) is 26.2 Å². The maximum absolute atomic E-state index is 13.6. The van der Waals surface area contributed by atoms with Crippen LogP contribution in [0.1, 0.15) is 11.1 Å². The molecule has 3 aromatic rings. The van der Waals surface area contributed by atoms with Gasteiger partial charge in [0, 0.05) is 26.9 Å². The average molecular weight is 560 g/mol. The molecule has 182 valence electrons. The number of hydrogen-bond donors (Lipinski definition) is 2. The first-order valence-electron chi connectivity index (χ1n) is 10.4. The molecule has 3 amide bonds. The second-order valence-corrected chi connectivity index (χ2v) is 11.3. The third kappa shape index (κ3) is 4.37. The molecule has 1 saturated heterocycles. The first kappa shape index (κ1) is 24.4. The number of fused-ring (bicyclic) bond motifs is 1. The van der Waals surface area contributed by atoms with Gasteiger partial charge in [0.2, 0.25) is 0 Å². The van der Waals surface area contributed by atoms with E-state index in [1.54, 1.807) is 48.5 Å². The van der Waals surface area contributed by atoms with Gasteiger partial charge in [-0.25, -0.2) is 8.42 Å². The Morgan fingerprint density at radius 3 is 2.25 bits per heavy atom. The molecule has 12 heteroatoms. The maximum Gasteiger partial charge on any atom is 0.290 e. The summed E-state index contributed by atoms with van der Waals surface area (Å²) in [7, 11) is -4.03. The minimum atomic E-state index is -4.03. The Hall–Kier alpha value is -3.31. The van der Waals surface area contributed by atoms with Gasteiger partial charge >= 0.3 is 0 Å². The third-order valence-corrected chi connectivity index (χ3v) is 8.51. The molecule has 36 heavy (non-hydrogen) atoms. The van der Waals surface area contributed by atoms with E-state index >= 15 is 0 Å². The number of amides is 3. The second kappa shape index (κ2) is 9.29. The van der Waals surface area contributed by atoms with E-state index < -0.39 is 27.1 Å². The van der Waals surface area contributed by atoms with E-state index in [0.29, 0.717) is 38.7 Å². The molecule has 0 atom stereocenters. The van der Waals surface area contributed by atoms with Crippen molar-refractivity contribution < 1.29 is 22.8 Å². The van der Waals surface area contributed by atoms with E-state index in [0.717, 1.165) is 0 Å². The average Bonchev–Trinajstić information content (AvgIpc) is 3.30. The standard InChI is InChI=1S/C24H15Cl2N3O5S2/c25-17-7-4-8-18(26)16(17)12-29-19-10-9-14(36(33,34)28-13-5-2-1-3-6-13)11-15(19)20(23(29)31)21-22(30)27-24(32)35-21/h1-11,28H,12H2,(H,27,30,32)/b21-20+. The van der Waals surface area contributed by atoms with E-state index in [4.69, 9.17) is 23.2 Å². The number of sulfonamides is 1. The largest absolute Gasteiger partial charge is 0.303 e. The van der Waals surface area contributed by atoms with Gasteiger partial charge in [0.1, 0.15) is 0 Å². The van der Waals surface area contributed by atoms with Gasteiger partial charge in [-0.15, -0.1) is 0 Å². The first-order valence-corrected chi connectivity index (χ1v) is 13.5. The topological polar surface area (TPSA) is 113 Å². The molecule has 5 rings (SSSR count). The van der Waals surface area contributed by atoms with E-state index in [-0.39, 0.29) is 27.5 Å². The van der Waals surface area contributed by atoms with Crippen LogP contribution >= 0.6 is 35.0 Å². The van der Waals surface area contributed by atoms with Crippen molar-refractivity contribution in [3.05, 3.63) is 92.8 Å². The first-order chi connectivity index (χ1) is 17.2. The number of anilines is 2. The Kier molecular flexibility index (Phi) is 6.29. The SMILES string of the molecule is O=C1NC(=O)/C(=C2\C(=O)N(Cc3c(Cl)cccc3Cl)c3ccc(S(=O)(=O)Nc4ccccc4)cc32)S1. The van der Waals surface area contributed by atoms with E-state index in [2.05, 4.69) is 10.0 Å². The summed E-state index contributed by atoms with van der Waals surface area (Å²) < 4.78 is 28.7. The van der Waals surface area contributed by atoms with Crippen LogP contribution in [0.25, 0.3) is 5.57 Å². The van der Waals surface area contributed by atoms with Crippen molar-refractivity contribution in [2.45, 2.75) is 11.4 Å². The highest BCUT2D eigenvalue weighted by Crippen LogP contribution is 2.45. The predicted octanol–water partition coefficient (Wildman–Crippen LogP) is 5.04. The highest BCUT2D eigenvalue weighted by molar-refractivity contribution is 8.18. The number of thioether (sulfide) groups is 1. The Balaban J connectivity index is 1.64.